The van der Waals surface area contributed by atoms with Crippen molar-refractivity contribution in [3.8, 4) is 17.2 Å². The van der Waals surface area contributed by atoms with Gasteiger partial charge in [-0.05, 0) is 48.0 Å². The minimum atomic E-state index is -0.572. The number of methoxy groups -OCH3 is 3. The van der Waals surface area contributed by atoms with Crippen molar-refractivity contribution in [3.63, 3.8) is 0 Å². The van der Waals surface area contributed by atoms with Gasteiger partial charge < -0.3 is 23.5 Å². The van der Waals surface area contributed by atoms with Gasteiger partial charge >= 0.3 is 11.9 Å². The number of rotatable bonds is 7. The van der Waals surface area contributed by atoms with E-state index in [-0.39, 0.29) is 5.69 Å². The lowest BCUT2D eigenvalue weighted by atomic mass is 10.1. The van der Waals surface area contributed by atoms with E-state index >= 15 is 0 Å². The molecule has 0 aliphatic heterocycles. The van der Waals surface area contributed by atoms with Crippen molar-refractivity contribution < 1.29 is 33.1 Å². The number of hydrogen-bond acceptors (Lipinski definition) is 8. The van der Waals surface area contributed by atoms with Gasteiger partial charge in [0.25, 0.3) is 0 Å². The van der Waals surface area contributed by atoms with Gasteiger partial charge in [0.15, 0.2) is 23.0 Å². The molecule has 8 heteroatoms. The van der Waals surface area contributed by atoms with Gasteiger partial charge in [0.2, 0.25) is 0 Å². The lowest BCUT2D eigenvalue weighted by Gasteiger charge is -2.11. The first-order valence-corrected chi connectivity index (χ1v) is 8.81. The van der Waals surface area contributed by atoms with Crippen molar-refractivity contribution in [1.82, 2.24) is 5.16 Å². The summed E-state index contributed by atoms with van der Waals surface area (Å²) in [5, 5.41) is 3.65. The average molecular weight is 409 g/mol. The van der Waals surface area contributed by atoms with Gasteiger partial charge in [-0.1, -0.05) is 17.3 Å². The maximum atomic E-state index is 11.5. The van der Waals surface area contributed by atoms with E-state index in [4.69, 9.17) is 14.0 Å². The molecule has 2 aromatic carbocycles. The molecule has 154 valence electrons. The molecule has 0 aliphatic rings. The fourth-order valence-corrected chi connectivity index (χ4v) is 2.53. The van der Waals surface area contributed by atoms with Crippen molar-refractivity contribution in [2.24, 2.45) is 0 Å². The fraction of sp³-hybridized carbons (Fsp3) is 0.136. The van der Waals surface area contributed by atoms with Crippen LogP contribution in [0, 0.1) is 0 Å². The number of aromatic nitrogens is 1. The smallest absolute Gasteiger partial charge is 0.360 e. The summed E-state index contributed by atoms with van der Waals surface area (Å²) in [7, 11) is 4.14. The van der Waals surface area contributed by atoms with E-state index in [0.717, 1.165) is 5.56 Å². The highest BCUT2D eigenvalue weighted by molar-refractivity contribution is 5.89. The zero-order valence-electron chi connectivity index (χ0n) is 16.6. The predicted molar refractivity (Wildman–Crippen MR) is 108 cm³/mol. The summed E-state index contributed by atoms with van der Waals surface area (Å²) in [5.74, 6) is 0.952. The Hall–Kier alpha value is -4.07. The highest BCUT2D eigenvalue weighted by Crippen LogP contribution is 2.33. The van der Waals surface area contributed by atoms with E-state index in [1.165, 1.54) is 20.3 Å². The summed E-state index contributed by atoms with van der Waals surface area (Å²) >= 11 is 0. The van der Waals surface area contributed by atoms with Crippen LogP contribution >= 0.6 is 0 Å². The van der Waals surface area contributed by atoms with Crippen LogP contribution < -0.4 is 9.47 Å². The molecule has 0 bridgehead atoms. The predicted octanol–water partition coefficient (Wildman–Crippen LogP) is 4.22. The number of esters is 2. The van der Waals surface area contributed by atoms with Crippen LogP contribution in [0.5, 0.6) is 17.2 Å². The van der Waals surface area contributed by atoms with Crippen LogP contribution in [-0.4, -0.2) is 38.4 Å². The molecule has 0 aliphatic carbocycles. The maximum absolute atomic E-state index is 11.5. The lowest BCUT2D eigenvalue weighted by Crippen LogP contribution is -2.00. The topological polar surface area (TPSA) is 97.1 Å². The molecular weight excluding hydrogens is 390 g/mol. The van der Waals surface area contributed by atoms with Gasteiger partial charge in [0, 0.05) is 6.07 Å². The Morgan fingerprint density at radius 2 is 1.60 bits per heavy atom. The summed E-state index contributed by atoms with van der Waals surface area (Å²) in [4.78, 5) is 23.0. The third kappa shape index (κ3) is 4.85. The minimum Gasteiger partial charge on any atom is -0.493 e. The molecule has 0 saturated heterocycles. The zero-order chi connectivity index (χ0) is 21.5. The van der Waals surface area contributed by atoms with Gasteiger partial charge in [-0.25, -0.2) is 9.59 Å². The molecule has 8 nitrogen and oxygen atoms in total. The molecule has 0 unspecified atom stereocenters. The second kappa shape index (κ2) is 9.42. The highest BCUT2D eigenvalue weighted by atomic mass is 16.5. The first-order chi connectivity index (χ1) is 14.5. The molecule has 0 spiro atoms. The standard InChI is InChI=1S/C22H19NO7/c1-26-19-11-5-14(4-8-17-13-18(23-30-17)22(25)28-3)12-20(19)29-16-9-6-15(7-10-16)21(24)27-2/h4-13H,1-3H3/b8-4+. The normalized spacial score (nSPS) is 10.6. The van der Waals surface area contributed by atoms with Crippen LogP contribution in [0.15, 0.2) is 53.1 Å². The SMILES string of the molecule is COC(=O)c1ccc(Oc2cc(/C=C/c3cc(C(=O)OC)no3)ccc2OC)cc1. The van der Waals surface area contributed by atoms with Crippen LogP contribution in [0.4, 0.5) is 0 Å². The van der Waals surface area contributed by atoms with Gasteiger partial charge in [-0.15, -0.1) is 0 Å². The molecule has 3 rings (SSSR count). The van der Waals surface area contributed by atoms with Crippen molar-refractivity contribution in [1.29, 1.82) is 0 Å². The van der Waals surface area contributed by atoms with E-state index in [1.54, 1.807) is 55.7 Å². The summed E-state index contributed by atoms with van der Waals surface area (Å²) in [6, 6.07) is 13.4. The third-order valence-corrected chi connectivity index (χ3v) is 4.05. The second-order valence-electron chi connectivity index (χ2n) is 5.97. The molecule has 3 aromatic rings. The first-order valence-electron chi connectivity index (χ1n) is 8.81. The molecule has 30 heavy (non-hydrogen) atoms. The Morgan fingerprint density at radius 1 is 0.867 bits per heavy atom. The van der Waals surface area contributed by atoms with Crippen molar-refractivity contribution in [2.45, 2.75) is 0 Å². The summed E-state index contributed by atoms with van der Waals surface area (Å²) in [6.45, 7) is 0. The Morgan fingerprint density at radius 3 is 2.27 bits per heavy atom. The number of carbonyl (C=O) groups excluding carboxylic acids is 2. The van der Waals surface area contributed by atoms with Crippen LogP contribution in [0.1, 0.15) is 32.2 Å². The number of carbonyl (C=O) groups is 2. The van der Waals surface area contributed by atoms with E-state index in [1.807, 2.05) is 6.07 Å². The molecule has 1 aromatic heterocycles. The van der Waals surface area contributed by atoms with Crippen LogP contribution in [0.2, 0.25) is 0 Å². The quantitative estimate of drug-likeness (QED) is 0.535. The average Bonchev–Trinajstić information content (AvgIpc) is 3.26. The Kier molecular flexibility index (Phi) is 6.49. The van der Waals surface area contributed by atoms with Gasteiger partial charge in [-0.2, -0.15) is 0 Å². The van der Waals surface area contributed by atoms with Gasteiger partial charge in [0.05, 0.1) is 26.9 Å². The Bertz CT molecular complexity index is 1070. The first kappa shape index (κ1) is 20.7. The third-order valence-electron chi connectivity index (χ3n) is 4.05. The number of benzene rings is 2. The molecule has 0 atom stereocenters. The molecule has 0 fully saturated rings. The summed E-state index contributed by atoms with van der Waals surface area (Å²) in [5.41, 5.74) is 1.31. The molecule has 1 heterocycles. The van der Waals surface area contributed by atoms with E-state index in [2.05, 4.69) is 14.6 Å². The van der Waals surface area contributed by atoms with Crippen molar-refractivity contribution in [3.05, 3.63) is 71.1 Å². The molecular formula is C22H19NO7. The molecule has 0 saturated carbocycles. The van der Waals surface area contributed by atoms with E-state index in [9.17, 15) is 9.59 Å². The van der Waals surface area contributed by atoms with E-state index < -0.39 is 11.9 Å². The minimum absolute atomic E-state index is 0.0892. The Balaban J connectivity index is 1.79. The molecule has 0 N–H and O–H groups in total. The van der Waals surface area contributed by atoms with Crippen molar-refractivity contribution >= 4 is 24.1 Å². The van der Waals surface area contributed by atoms with Gasteiger partial charge in [0.1, 0.15) is 5.75 Å². The van der Waals surface area contributed by atoms with Crippen LogP contribution in [0.3, 0.4) is 0 Å². The fourth-order valence-electron chi connectivity index (χ4n) is 2.53. The molecule has 0 radical (unpaired) electrons. The summed E-state index contributed by atoms with van der Waals surface area (Å²) < 4.78 is 25.6. The number of hydrogen-bond donors (Lipinski definition) is 0. The highest BCUT2D eigenvalue weighted by Gasteiger charge is 2.12. The number of ether oxygens (including phenoxy) is 4. The largest absolute Gasteiger partial charge is 0.493 e. The summed E-state index contributed by atoms with van der Waals surface area (Å²) in [6.07, 6.45) is 3.43. The van der Waals surface area contributed by atoms with Gasteiger partial charge in [-0.3, -0.25) is 0 Å². The lowest BCUT2D eigenvalue weighted by molar-refractivity contribution is 0.0584. The second-order valence-corrected chi connectivity index (χ2v) is 5.97. The number of nitrogens with zero attached hydrogens (tertiary/aromatic N) is 1. The van der Waals surface area contributed by atoms with Crippen LogP contribution in [-0.2, 0) is 9.47 Å². The van der Waals surface area contributed by atoms with Crippen molar-refractivity contribution in [2.75, 3.05) is 21.3 Å². The molecule has 0 amide bonds. The Labute approximate surface area is 172 Å². The van der Waals surface area contributed by atoms with Crippen LogP contribution in [0.25, 0.3) is 12.2 Å². The zero-order valence-corrected chi connectivity index (χ0v) is 16.6. The van der Waals surface area contributed by atoms with E-state index in [0.29, 0.717) is 28.6 Å². The monoisotopic (exact) mass is 409 g/mol. The maximum Gasteiger partial charge on any atom is 0.360 e.